The Labute approximate surface area is 156 Å². The van der Waals surface area contributed by atoms with Crippen LogP contribution in [0.15, 0.2) is 46.9 Å². The number of nitrogens with two attached hydrogens (primary N) is 1. The number of furan rings is 1. The summed E-state index contributed by atoms with van der Waals surface area (Å²) in [6.45, 7) is 2.43. The lowest BCUT2D eigenvalue weighted by Gasteiger charge is -2.05. The van der Waals surface area contributed by atoms with Crippen molar-refractivity contribution in [3.63, 3.8) is 0 Å². The minimum atomic E-state index is -0.256. The molecular formula is C20H21N3O4. The Hall–Kier alpha value is -3.35. The predicted octanol–water partition coefficient (Wildman–Crippen LogP) is 2.84. The Morgan fingerprint density at radius 1 is 1.22 bits per heavy atom. The van der Waals surface area contributed by atoms with Gasteiger partial charge in [0.1, 0.15) is 17.2 Å². The lowest BCUT2D eigenvalue weighted by Crippen LogP contribution is -2.23. The molecule has 0 radical (unpaired) electrons. The van der Waals surface area contributed by atoms with E-state index in [4.69, 9.17) is 14.9 Å². The summed E-state index contributed by atoms with van der Waals surface area (Å²) < 4.78 is 10.6. The number of nitrogens with one attached hydrogen (secondary N) is 1. The van der Waals surface area contributed by atoms with Gasteiger partial charge in [-0.25, -0.2) is 4.98 Å². The molecule has 7 heteroatoms. The van der Waals surface area contributed by atoms with Gasteiger partial charge in [-0.05, 0) is 43.3 Å². The van der Waals surface area contributed by atoms with E-state index in [2.05, 4.69) is 10.3 Å². The second-order valence-corrected chi connectivity index (χ2v) is 6.01. The zero-order chi connectivity index (χ0) is 19.2. The fraction of sp³-hybridized carbons (Fsp3) is 0.250. The number of aryl methyl sites for hydroxylation is 1. The van der Waals surface area contributed by atoms with E-state index in [9.17, 15) is 9.59 Å². The monoisotopic (exact) mass is 367 g/mol. The van der Waals surface area contributed by atoms with Crippen molar-refractivity contribution in [1.82, 2.24) is 10.3 Å². The van der Waals surface area contributed by atoms with Crippen LogP contribution >= 0.6 is 0 Å². The van der Waals surface area contributed by atoms with Crippen molar-refractivity contribution in [3.8, 4) is 0 Å². The Balaban J connectivity index is 1.64. The number of ether oxygens (including phenoxy) is 1. The third kappa shape index (κ3) is 4.84. The molecule has 2 aromatic heterocycles. The first-order valence-corrected chi connectivity index (χ1v) is 8.73. The first-order valence-electron chi connectivity index (χ1n) is 8.73. The molecule has 2 heterocycles. The summed E-state index contributed by atoms with van der Waals surface area (Å²) in [5.41, 5.74) is 7.51. The van der Waals surface area contributed by atoms with Gasteiger partial charge >= 0.3 is 5.97 Å². The molecule has 140 valence electrons. The molecule has 0 aliphatic rings. The smallest absolute Gasteiger partial charge is 0.306 e. The normalized spacial score (nSPS) is 10.7. The number of hydrogen-bond donors (Lipinski definition) is 2. The average molecular weight is 367 g/mol. The molecule has 7 nitrogen and oxygen atoms in total. The van der Waals surface area contributed by atoms with E-state index in [0.717, 1.165) is 5.39 Å². The third-order valence-electron chi connectivity index (χ3n) is 3.97. The zero-order valence-corrected chi connectivity index (χ0v) is 15.0. The summed E-state index contributed by atoms with van der Waals surface area (Å²) in [7, 11) is 0. The van der Waals surface area contributed by atoms with Crippen LogP contribution in [-0.2, 0) is 22.5 Å². The van der Waals surface area contributed by atoms with Crippen molar-refractivity contribution < 1.29 is 18.7 Å². The van der Waals surface area contributed by atoms with Gasteiger partial charge in [-0.3, -0.25) is 9.59 Å². The van der Waals surface area contributed by atoms with Gasteiger partial charge in [0.25, 0.3) is 5.91 Å². The van der Waals surface area contributed by atoms with Crippen LogP contribution in [0.1, 0.15) is 35.2 Å². The maximum Gasteiger partial charge on any atom is 0.306 e. The number of carbonyl (C=O) groups excluding carboxylic acids is 2. The van der Waals surface area contributed by atoms with E-state index in [0.29, 0.717) is 41.4 Å². The Bertz CT molecular complexity index is 965. The van der Waals surface area contributed by atoms with Crippen molar-refractivity contribution in [1.29, 1.82) is 0 Å². The van der Waals surface area contributed by atoms with Gasteiger partial charge in [-0.2, -0.15) is 0 Å². The highest BCUT2D eigenvalue weighted by molar-refractivity contribution is 5.97. The molecule has 27 heavy (non-hydrogen) atoms. The molecule has 0 unspecified atom stereocenters. The number of aromatic nitrogens is 1. The molecule has 0 bridgehead atoms. The molecule has 0 aliphatic carbocycles. The number of amides is 1. The van der Waals surface area contributed by atoms with Gasteiger partial charge in [0, 0.05) is 17.4 Å². The molecule has 0 aliphatic heterocycles. The summed E-state index contributed by atoms with van der Waals surface area (Å²) in [6, 6.07) is 12.3. The van der Waals surface area contributed by atoms with Gasteiger partial charge in [-0.1, -0.05) is 6.07 Å². The van der Waals surface area contributed by atoms with Crippen LogP contribution in [0.5, 0.6) is 0 Å². The summed E-state index contributed by atoms with van der Waals surface area (Å²) in [5, 5.41) is 3.63. The molecule has 0 saturated carbocycles. The first-order chi connectivity index (χ1) is 13.0. The molecule has 0 spiro atoms. The minimum Gasteiger partial charge on any atom is -0.466 e. The highest BCUT2D eigenvalue weighted by Gasteiger charge is 2.11. The second kappa shape index (κ2) is 8.35. The largest absolute Gasteiger partial charge is 0.466 e. The third-order valence-corrected chi connectivity index (χ3v) is 3.97. The topological polar surface area (TPSA) is 107 Å². The van der Waals surface area contributed by atoms with Gasteiger partial charge in [-0.15, -0.1) is 0 Å². The molecule has 0 fully saturated rings. The molecule has 3 N–H and O–H groups in total. The fourth-order valence-electron chi connectivity index (χ4n) is 2.69. The predicted molar refractivity (Wildman–Crippen MR) is 101 cm³/mol. The molecule has 0 saturated heterocycles. The second-order valence-electron chi connectivity index (χ2n) is 6.01. The summed E-state index contributed by atoms with van der Waals surface area (Å²) in [6.07, 6.45) is 0.713. The van der Waals surface area contributed by atoms with Crippen molar-refractivity contribution in [3.05, 3.63) is 59.5 Å². The first kappa shape index (κ1) is 18.4. The quantitative estimate of drug-likeness (QED) is 0.622. The highest BCUT2D eigenvalue weighted by Crippen LogP contribution is 2.22. The fourth-order valence-corrected chi connectivity index (χ4v) is 2.69. The van der Waals surface area contributed by atoms with Crippen molar-refractivity contribution in [2.45, 2.75) is 26.3 Å². The number of hydrogen-bond acceptors (Lipinski definition) is 6. The zero-order valence-electron chi connectivity index (χ0n) is 15.0. The van der Waals surface area contributed by atoms with Crippen LogP contribution in [0, 0.1) is 0 Å². The maximum atomic E-state index is 12.4. The Morgan fingerprint density at radius 2 is 2.07 bits per heavy atom. The van der Waals surface area contributed by atoms with Gasteiger partial charge in [0.05, 0.1) is 25.3 Å². The van der Waals surface area contributed by atoms with Crippen molar-refractivity contribution in [2.75, 3.05) is 12.3 Å². The van der Waals surface area contributed by atoms with E-state index >= 15 is 0 Å². The van der Waals surface area contributed by atoms with Crippen LogP contribution in [0.4, 0.5) is 5.82 Å². The number of rotatable bonds is 7. The molecule has 1 amide bonds. The highest BCUT2D eigenvalue weighted by atomic mass is 16.5. The Kier molecular flexibility index (Phi) is 5.71. The summed E-state index contributed by atoms with van der Waals surface area (Å²) in [4.78, 5) is 28.0. The van der Waals surface area contributed by atoms with Crippen molar-refractivity contribution in [2.24, 2.45) is 0 Å². The summed E-state index contributed by atoms with van der Waals surface area (Å²) >= 11 is 0. The average Bonchev–Trinajstić information content (AvgIpc) is 3.07. The molecular weight excluding hydrogens is 346 g/mol. The number of fused-ring (bicyclic) bond motifs is 1. The van der Waals surface area contributed by atoms with Crippen LogP contribution in [0.3, 0.4) is 0 Å². The molecule has 0 atom stereocenters. The van der Waals surface area contributed by atoms with Gasteiger partial charge < -0.3 is 20.2 Å². The van der Waals surface area contributed by atoms with Crippen LogP contribution in [0.25, 0.3) is 11.0 Å². The van der Waals surface area contributed by atoms with E-state index in [-0.39, 0.29) is 24.8 Å². The molecule has 3 rings (SSSR count). The number of nitrogen functional groups attached to an aromatic ring is 1. The number of esters is 1. The number of benzene rings is 1. The van der Waals surface area contributed by atoms with Crippen LogP contribution in [0.2, 0.25) is 0 Å². The lowest BCUT2D eigenvalue weighted by atomic mass is 10.1. The van der Waals surface area contributed by atoms with Gasteiger partial charge in [0.15, 0.2) is 0 Å². The van der Waals surface area contributed by atoms with E-state index in [1.165, 1.54) is 0 Å². The lowest BCUT2D eigenvalue weighted by molar-refractivity contribution is -0.143. The standard InChI is InChI=1S/C20H21N3O4/c1-2-26-19(24)9-7-16-11-14-10-13(6-8-17(14)27-16)20(25)22-12-15-4-3-5-18(21)23-15/h3-6,8,10-11H,2,7,9,12H2,1H3,(H2,21,23)(H,22,25). The number of pyridine rings is 1. The number of anilines is 1. The number of nitrogens with zero attached hydrogens (tertiary/aromatic N) is 1. The van der Waals surface area contributed by atoms with Gasteiger partial charge in [0.2, 0.25) is 0 Å². The Morgan fingerprint density at radius 3 is 2.85 bits per heavy atom. The van der Waals surface area contributed by atoms with Crippen LogP contribution in [-0.4, -0.2) is 23.5 Å². The number of carbonyl (C=O) groups is 2. The van der Waals surface area contributed by atoms with E-state index in [1.807, 2.05) is 6.07 Å². The SMILES string of the molecule is CCOC(=O)CCc1cc2cc(C(=O)NCc3cccc(N)n3)ccc2o1. The minimum absolute atomic E-state index is 0.213. The van der Waals surface area contributed by atoms with Crippen molar-refractivity contribution >= 4 is 28.7 Å². The van der Waals surface area contributed by atoms with E-state index < -0.39 is 0 Å². The molecule has 3 aromatic rings. The molecule has 1 aromatic carbocycles. The maximum absolute atomic E-state index is 12.4. The van der Waals surface area contributed by atoms with E-state index in [1.54, 1.807) is 43.3 Å². The summed E-state index contributed by atoms with van der Waals surface area (Å²) in [5.74, 6) is 0.625. The van der Waals surface area contributed by atoms with Crippen LogP contribution < -0.4 is 11.1 Å².